The molecule has 0 saturated heterocycles. The summed E-state index contributed by atoms with van der Waals surface area (Å²) in [7, 11) is 0. The van der Waals surface area contributed by atoms with E-state index in [1.54, 1.807) is 0 Å². The van der Waals surface area contributed by atoms with Crippen LogP contribution in [-0.4, -0.2) is 44.3 Å². The topological polar surface area (TPSA) is 149 Å². The zero-order valence-corrected chi connectivity index (χ0v) is 12.1. The maximum Gasteiger partial charge on any atom is 0.336 e. The molecule has 1 atom stereocenters. The Bertz CT molecular complexity index is 817. The van der Waals surface area contributed by atoms with Gasteiger partial charge in [0.05, 0.1) is 16.7 Å². The molecule has 0 heterocycles. The van der Waals surface area contributed by atoms with Crippen LogP contribution in [0.4, 0.5) is 0 Å². The van der Waals surface area contributed by atoms with Crippen LogP contribution in [0.25, 0.3) is 0 Å². The lowest BCUT2D eigenvalue weighted by molar-refractivity contribution is -0.142. The Morgan fingerprint density at radius 2 is 1.50 bits per heavy atom. The van der Waals surface area contributed by atoms with Gasteiger partial charge in [0.25, 0.3) is 0 Å². The summed E-state index contributed by atoms with van der Waals surface area (Å²) in [5.41, 5.74) is -2.70. The highest BCUT2D eigenvalue weighted by Gasteiger charge is 2.40. The summed E-state index contributed by atoms with van der Waals surface area (Å²) in [4.78, 5) is 45.0. The number of carboxylic acids is 4. The molecule has 0 saturated carbocycles. The third-order valence-corrected chi connectivity index (χ3v) is 3.82. The quantitative estimate of drug-likeness (QED) is 0.631. The van der Waals surface area contributed by atoms with E-state index in [2.05, 4.69) is 0 Å². The molecule has 0 bridgehead atoms. The van der Waals surface area contributed by atoms with Gasteiger partial charge in [0.1, 0.15) is 5.41 Å². The van der Waals surface area contributed by atoms with Crippen molar-refractivity contribution in [2.24, 2.45) is 0 Å². The van der Waals surface area contributed by atoms with Crippen LogP contribution in [0, 0.1) is 0 Å². The standard InChI is InChI=1S/C16H12O8/c17-12(18)8-3-5-16(6-4-8,15(23)24)9-1-2-10(13(19)20)11(7-9)14(21)22/h1-5,7H,6H2,(H,17,18)(H,19,20)(H,21,22)(H,23,24). The number of aromatic carboxylic acids is 2. The van der Waals surface area contributed by atoms with Crippen LogP contribution in [0.5, 0.6) is 0 Å². The lowest BCUT2D eigenvalue weighted by Crippen LogP contribution is -2.35. The van der Waals surface area contributed by atoms with Gasteiger partial charge in [0.2, 0.25) is 0 Å². The van der Waals surface area contributed by atoms with Crippen LogP contribution in [0.2, 0.25) is 0 Å². The predicted octanol–water partition coefficient (Wildman–Crippen LogP) is 1.38. The second kappa shape index (κ2) is 5.99. The van der Waals surface area contributed by atoms with E-state index in [0.29, 0.717) is 0 Å². The van der Waals surface area contributed by atoms with Gasteiger partial charge in [-0.15, -0.1) is 0 Å². The van der Waals surface area contributed by atoms with Gasteiger partial charge in [-0.25, -0.2) is 14.4 Å². The molecule has 8 nitrogen and oxygen atoms in total. The minimum Gasteiger partial charge on any atom is -0.480 e. The zero-order valence-electron chi connectivity index (χ0n) is 12.1. The molecule has 1 aromatic rings. The lowest BCUT2D eigenvalue weighted by atomic mass is 9.73. The highest BCUT2D eigenvalue weighted by molar-refractivity contribution is 6.02. The van der Waals surface area contributed by atoms with Crippen molar-refractivity contribution in [2.45, 2.75) is 11.8 Å². The van der Waals surface area contributed by atoms with Crippen molar-refractivity contribution in [3.8, 4) is 0 Å². The molecule has 124 valence electrons. The van der Waals surface area contributed by atoms with E-state index in [0.717, 1.165) is 18.2 Å². The summed E-state index contributed by atoms with van der Waals surface area (Å²) in [6.07, 6.45) is 3.32. The molecular weight excluding hydrogens is 320 g/mol. The normalized spacial score (nSPS) is 19.4. The Morgan fingerprint density at radius 1 is 0.875 bits per heavy atom. The van der Waals surface area contributed by atoms with E-state index in [1.807, 2.05) is 0 Å². The smallest absolute Gasteiger partial charge is 0.336 e. The minimum absolute atomic E-state index is 0.0503. The largest absolute Gasteiger partial charge is 0.480 e. The molecular formula is C16H12O8. The van der Waals surface area contributed by atoms with Crippen molar-refractivity contribution in [3.05, 3.63) is 58.7 Å². The maximum absolute atomic E-state index is 11.8. The summed E-state index contributed by atoms with van der Waals surface area (Å²) in [5.74, 6) is -5.47. The van der Waals surface area contributed by atoms with E-state index in [4.69, 9.17) is 15.3 Å². The highest BCUT2D eigenvalue weighted by Crippen LogP contribution is 2.35. The Kier molecular flexibility index (Phi) is 4.23. The number of hydrogen-bond acceptors (Lipinski definition) is 4. The van der Waals surface area contributed by atoms with Crippen LogP contribution in [0.3, 0.4) is 0 Å². The average molecular weight is 332 g/mol. The molecule has 1 aliphatic rings. The summed E-state index contributed by atoms with van der Waals surface area (Å²) < 4.78 is 0. The number of hydrogen-bond donors (Lipinski definition) is 4. The van der Waals surface area contributed by atoms with Crippen molar-refractivity contribution in [1.29, 1.82) is 0 Å². The van der Waals surface area contributed by atoms with E-state index in [-0.39, 0.29) is 17.6 Å². The number of rotatable bonds is 5. The van der Waals surface area contributed by atoms with Crippen molar-refractivity contribution in [2.75, 3.05) is 0 Å². The summed E-state index contributed by atoms with van der Waals surface area (Å²) in [5, 5.41) is 36.7. The van der Waals surface area contributed by atoms with Gasteiger partial charge in [-0.1, -0.05) is 24.3 Å². The first-order valence-corrected chi connectivity index (χ1v) is 6.66. The van der Waals surface area contributed by atoms with Crippen molar-refractivity contribution in [1.82, 2.24) is 0 Å². The Labute approximate surface area is 135 Å². The average Bonchev–Trinajstić information content (AvgIpc) is 2.53. The fourth-order valence-corrected chi connectivity index (χ4v) is 2.48. The van der Waals surface area contributed by atoms with Crippen LogP contribution >= 0.6 is 0 Å². The van der Waals surface area contributed by atoms with Crippen molar-refractivity contribution < 1.29 is 39.6 Å². The first-order valence-electron chi connectivity index (χ1n) is 6.66. The summed E-state index contributed by atoms with van der Waals surface area (Å²) in [6, 6.07) is 3.23. The van der Waals surface area contributed by atoms with E-state index >= 15 is 0 Å². The van der Waals surface area contributed by atoms with Gasteiger partial charge in [-0.05, 0) is 24.1 Å². The maximum atomic E-state index is 11.8. The first kappa shape index (κ1) is 16.9. The van der Waals surface area contributed by atoms with Gasteiger partial charge in [-0.3, -0.25) is 4.79 Å². The Balaban J connectivity index is 2.59. The monoisotopic (exact) mass is 332 g/mol. The molecule has 0 aromatic heterocycles. The molecule has 0 spiro atoms. The molecule has 1 unspecified atom stereocenters. The van der Waals surface area contributed by atoms with Crippen LogP contribution in [0.1, 0.15) is 32.7 Å². The third kappa shape index (κ3) is 2.76. The summed E-state index contributed by atoms with van der Waals surface area (Å²) in [6.45, 7) is 0. The summed E-state index contributed by atoms with van der Waals surface area (Å²) >= 11 is 0. The fraction of sp³-hybridized carbons (Fsp3) is 0.125. The van der Waals surface area contributed by atoms with Crippen LogP contribution < -0.4 is 0 Å². The molecule has 24 heavy (non-hydrogen) atoms. The minimum atomic E-state index is -1.67. The molecule has 2 rings (SSSR count). The van der Waals surface area contributed by atoms with E-state index < -0.39 is 40.4 Å². The molecule has 1 aromatic carbocycles. The number of benzene rings is 1. The van der Waals surface area contributed by atoms with Gasteiger partial charge in [-0.2, -0.15) is 0 Å². The highest BCUT2D eigenvalue weighted by atomic mass is 16.4. The van der Waals surface area contributed by atoms with Crippen molar-refractivity contribution in [3.63, 3.8) is 0 Å². The molecule has 8 heteroatoms. The van der Waals surface area contributed by atoms with Gasteiger partial charge >= 0.3 is 23.9 Å². The molecule has 0 fully saturated rings. The second-order valence-electron chi connectivity index (χ2n) is 5.15. The predicted molar refractivity (Wildman–Crippen MR) is 79.2 cm³/mol. The third-order valence-electron chi connectivity index (χ3n) is 3.82. The Hall–Kier alpha value is -3.42. The number of allylic oxidation sites excluding steroid dienone is 1. The zero-order chi connectivity index (χ0) is 18.1. The molecule has 0 aliphatic heterocycles. The van der Waals surface area contributed by atoms with Gasteiger partial charge < -0.3 is 20.4 Å². The molecule has 0 amide bonds. The first-order chi connectivity index (χ1) is 11.2. The number of aliphatic carboxylic acids is 2. The number of carbonyl (C=O) groups is 4. The number of carboxylic acid groups (broad SMARTS) is 4. The molecule has 0 radical (unpaired) electrons. The fourth-order valence-electron chi connectivity index (χ4n) is 2.48. The van der Waals surface area contributed by atoms with Crippen molar-refractivity contribution >= 4 is 23.9 Å². The molecule has 1 aliphatic carbocycles. The molecule has 4 N–H and O–H groups in total. The van der Waals surface area contributed by atoms with Gasteiger partial charge in [0, 0.05) is 0 Å². The second-order valence-corrected chi connectivity index (χ2v) is 5.15. The van der Waals surface area contributed by atoms with Crippen LogP contribution in [-0.2, 0) is 15.0 Å². The van der Waals surface area contributed by atoms with E-state index in [9.17, 15) is 24.3 Å². The van der Waals surface area contributed by atoms with Crippen LogP contribution in [0.15, 0.2) is 42.0 Å². The SMILES string of the molecule is O=C(O)C1=CCC(C(=O)O)(c2ccc(C(=O)O)c(C(=O)O)c2)C=C1. The Morgan fingerprint density at radius 3 is 1.92 bits per heavy atom. The lowest BCUT2D eigenvalue weighted by Gasteiger charge is -2.28. The van der Waals surface area contributed by atoms with E-state index in [1.165, 1.54) is 18.2 Å². The van der Waals surface area contributed by atoms with Gasteiger partial charge in [0.15, 0.2) is 0 Å².